The van der Waals surface area contributed by atoms with Gasteiger partial charge in [-0.3, -0.25) is 14.5 Å². The Hall–Kier alpha value is -4.11. The number of amides is 1. The minimum atomic E-state index is -1.23. The third-order valence-corrected chi connectivity index (χ3v) is 5.24. The van der Waals surface area contributed by atoms with E-state index in [1.54, 1.807) is 24.3 Å². The number of ether oxygens (including phenoxy) is 2. The number of rotatable bonds is 7. The second-order valence-corrected chi connectivity index (χ2v) is 7.23. The molecule has 160 valence electrons. The van der Waals surface area contributed by atoms with E-state index in [9.17, 15) is 14.0 Å². The molecule has 0 N–H and O–H groups in total. The van der Waals surface area contributed by atoms with Crippen molar-refractivity contribution in [3.63, 3.8) is 0 Å². The molecule has 32 heavy (non-hydrogen) atoms. The van der Waals surface area contributed by atoms with Crippen LogP contribution in [0.1, 0.15) is 23.6 Å². The number of carbonyl (C=O) groups is 2. The van der Waals surface area contributed by atoms with Crippen molar-refractivity contribution in [3.05, 3.63) is 89.7 Å². The summed E-state index contributed by atoms with van der Waals surface area (Å²) in [4.78, 5) is 27.5. The molecular formula is C26H20FNO4. The van der Waals surface area contributed by atoms with Crippen LogP contribution >= 0.6 is 0 Å². The van der Waals surface area contributed by atoms with Crippen molar-refractivity contribution in [2.45, 2.75) is 18.9 Å². The quantitative estimate of drug-likeness (QED) is 0.521. The summed E-state index contributed by atoms with van der Waals surface area (Å²) in [5, 5.41) is 0. The smallest absolute Gasteiger partial charge is 0.303 e. The molecule has 1 aliphatic heterocycles. The summed E-state index contributed by atoms with van der Waals surface area (Å²) in [6, 6.07) is 18.9. The van der Waals surface area contributed by atoms with Gasteiger partial charge in [-0.1, -0.05) is 48.5 Å². The molecule has 3 aromatic carbocycles. The van der Waals surface area contributed by atoms with Crippen molar-refractivity contribution in [1.82, 2.24) is 0 Å². The molecule has 0 aliphatic carbocycles. The second-order valence-electron chi connectivity index (χ2n) is 7.23. The zero-order chi connectivity index (χ0) is 22.5. The molecule has 1 atom stereocenters. The van der Waals surface area contributed by atoms with Crippen LogP contribution in [-0.2, 0) is 16.0 Å². The number of fused-ring (bicyclic) bond motifs is 1. The van der Waals surface area contributed by atoms with Gasteiger partial charge in [0, 0.05) is 23.7 Å². The van der Waals surface area contributed by atoms with Gasteiger partial charge >= 0.3 is 5.91 Å². The molecule has 5 nitrogen and oxygen atoms in total. The van der Waals surface area contributed by atoms with Crippen molar-refractivity contribution in [3.8, 4) is 23.8 Å². The lowest BCUT2D eigenvalue weighted by atomic mass is 9.95. The van der Waals surface area contributed by atoms with Gasteiger partial charge < -0.3 is 9.47 Å². The fourth-order valence-corrected chi connectivity index (χ4v) is 3.69. The SMILES string of the molecule is C#CC(=O)N(c1ccc2c(c1)OCO2)C(C(=O)CCc1ccccc1)c1ccccc1F. The lowest BCUT2D eigenvalue weighted by molar-refractivity contribution is -0.123. The number of ketones is 1. The number of carbonyl (C=O) groups excluding carboxylic acids is 2. The van der Waals surface area contributed by atoms with Crippen LogP contribution in [0.15, 0.2) is 72.8 Å². The number of benzene rings is 3. The number of nitrogens with zero attached hydrogens (tertiary/aromatic N) is 1. The molecule has 0 radical (unpaired) electrons. The highest BCUT2D eigenvalue weighted by atomic mass is 19.1. The number of Topliss-reactive ketones (excluding diaryl/α,β-unsaturated/α-hetero) is 1. The Labute approximate surface area is 185 Å². The van der Waals surface area contributed by atoms with Crippen molar-refractivity contribution in [2.24, 2.45) is 0 Å². The maximum Gasteiger partial charge on any atom is 0.303 e. The molecule has 6 heteroatoms. The number of terminal acetylenes is 1. The van der Waals surface area contributed by atoms with Crippen molar-refractivity contribution >= 4 is 17.4 Å². The fourth-order valence-electron chi connectivity index (χ4n) is 3.69. The van der Waals surface area contributed by atoms with Crippen LogP contribution in [0, 0.1) is 18.2 Å². The fraction of sp³-hybridized carbons (Fsp3) is 0.154. The Bertz CT molecular complexity index is 1190. The van der Waals surface area contributed by atoms with Gasteiger partial charge in [0.05, 0.1) is 0 Å². The topological polar surface area (TPSA) is 55.8 Å². The summed E-state index contributed by atoms with van der Waals surface area (Å²) in [5.41, 5.74) is 1.36. The highest BCUT2D eigenvalue weighted by Crippen LogP contribution is 2.39. The van der Waals surface area contributed by atoms with Gasteiger partial charge in [-0.2, -0.15) is 0 Å². The minimum absolute atomic E-state index is 0.0502. The Morgan fingerprint density at radius 1 is 1.00 bits per heavy atom. The van der Waals surface area contributed by atoms with Gasteiger partial charge in [-0.15, -0.1) is 6.42 Å². The Kier molecular flexibility index (Phi) is 6.18. The van der Waals surface area contributed by atoms with E-state index in [-0.39, 0.29) is 24.6 Å². The van der Waals surface area contributed by atoms with Crippen LogP contribution in [0.5, 0.6) is 11.5 Å². The van der Waals surface area contributed by atoms with E-state index >= 15 is 0 Å². The second kappa shape index (κ2) is 9.36. The number of anilines is 1. The van der Waals surface area contributed by atoms with Gasteiger partial charge in [0.25, 0.3) is 0 Å². The normalized spacial score (nSPS) is 12.6. The zero-order valence-electron chi connectivity index (χ0n) is 17.2. The third kappa shape index (κ3) is 4.33. The van der Waals surface area contributed by atoms with E-state index in [1.807, 2.05) is 30.3 Å². The summed E-state index contributed by atoms with van der Waals surface area (Å²) < 4.78 is 25.6. The van der Waals surface area contributed by atoms with Crippen molar-refractivity contribution in [1.29, 1.82) is 0 Å². The van der Waals surface area contributed by atoms with Gasteiger partial charge in [0.2, 0.25) is 6.79 Å². The highest BCUT2D eigenvalue weighted by Gasteiger charge is 2.34. The monoisotopic (exact) mass is 429 g/mol. The number of halogens is 1. The molecule has 0 saturated carbocycles. The maximum atomic E-state index is 14.8. The molecule has 0 bridgehead atoms. The maximum absolute atomic E-state index is 14.8. The minimum Gasteiger partial charge on any atom is -0.454 e. The number of hydrogen-bond acceptors (Lipinski definition) is 4. The average molecular weight is 429 g/mol. The van der Waals surface area contributed by atoms with Crippen LogP contribution in [0.25, 0.3) is 0 Å². The van der Waals surface area contributed by atoms with Crippen LogP contribution in [0.4, 0.5) is 10.1 Å². The first-order chi connectivity index (χ1) is 15.6. The first-order valence-corrected chi connectivity index (χ1v) is 10.1. The van der Waals surface area contributed by atoms with Gasteiger partial charge in [0.15, 0.2) is 17.3 Å². The zero-order valence-corrected chi connectivity index (χ0v) is 17.2. The molecule has 1 amide bonds. The predicted molar refractivity (Wildman–Crippen MR) is 118 cm³/mol. The Morgan fingerprint density at radius 3 is 2.47 bits per heavy atom. The van der Waals surface area contributed by atoms with E-state index in [1.165, 1.54) is 18.2 Å². The van der Waals surface area contributed by atoms with Crippen LogP contribution < -0.4 is 14.4 Å². The summed E-state index contributed by atoms with van der Waals surface area (Å²) in [7, 11) is 0. The Balaban J connectivity index is 1.75. The van der Waals surface area contributed by atoms with Gasteiger partial charge in [-0.05, 0) is 36.1 Å². The molecular weight excluding hydrogens is 409 g/mol. The molecule has 3 aromatic rings. The molecule has 1 heterocycles. The van der Waals surface area contributed by atoms with E-state index in [0.717, 1.165) is 10.5 Å². The van der Waals surface area contributed by atoms with E-state index in [2.05, 4.69) is 5.92 Å². The third-order valence-electron chi connectivity index (χ3n) is 5.24. The Morgan fingerprint density at radius 2 is 1.72 bits per heavy atom. The summed E-state index contributed by atoms with van der Waals surface area (Å²) in [5.74, 6) is 1.31. The standard InChI is InChI=1S/C26H20FNO4/c1-2-25(30)28(19-13-15-23-24(16-19)32-17-31-23)26(20-10-6-7-11-21(20)27)22(29)14-12-18-8-4-3-5-9-18/h1,3-11,13,15-16,26H,12,14,17H2. The summed E-state index contributed by atoms with van der Waals surface area (Å²) >= 11 is 0. The molecule has 0 aromatic heterocycles. The first-order valence-electron chi connectivity index (χ1n) is 10.1. The van der Waals surface area contributed by atoms with Gasteiger partial charge in [0.1, 0.15) is 11.9 Å². The first kappa shape index (κ1) is 21.1. The molecule has 0 fully saturated rings. The molecule has 4 rings (SSSR count). The van der Waals surface area contributed by atoms with E-state index in [4.69, 9.17) is 15.9 Å². The predicted octanol–water partition coefficient (Wildman–Crippen LogP) is 4.46. The van der Waals surface area contributed by atoms with Crippen LogP contribution in [-0.4, -0.2) is 18.5 Å². The summed E-state index contributed by atoms with van der Waals surface area (Å²) in [6.45, 7) is 0.0502. The molecule has 1 aliphatic rings. The molecule has 0 spiro atoms. The largest absolute Gasteiger partial charge is 0.454 e. The van der Waals surface area contributed by atoms with Crippen LogP contribution in [0.3, 0.4) is 0 Å². The summed E-state index contributed by atoms with van der Waals surface area (Å²) in [6.07, 6.45) is 5.99. The lowest BCUT2D eigenvalue weighted by Crippen LogP contribution is -2.39. The average Bonchev–Trinajstić information content (AvgIpc) is 3.30. The number of aryl methyl sites for hydroxylation is 1. The van der Waals surface area contributed by atoms with Gasteiger partial charge in [-0.25, -0.2) is 4.39 Å². The van der Waals surface area contributed by atoms with Crippen LogP contribution in [0.2, 0.25) is 0 Å². The van der Waals surface area contributed by atoms with E-state index in [0.29, 0.717) is 23.6 Å². The number of hydrogen-bond donors (Lipinski definition) is 0. The lowest BCUT2D eigenvalue weighted by Gasteiger charge is -2.30. The van der Waals surface area contributed by atoms with Crippen molar-refractivity contribution < 1.29 is 23.5 Å². The molecule has 1 unspecified atom stereocenters. The molecule has 0 saturated heterocycles. The van der Waals surface area contributed by atoms with Crippen molar-refractivity contribution in [2.75, 3.05) is 11.7 Å². The van der Waals surface area contributed by atoms with E-state index < -0.39 is 17.8 Å². The highest BCUT2D eigenvalue weighted by molar-refractivity contribution is 6.10.